The van der Waals surface area contributed by atoms with Gasteiger partial charge in [0.05, 0.1) is 0 Å². The summed E-state index contributed by atoms with van der Waals surface area (Å²) in [6.07, 6.45) is 0. The van der Waals surface area contributed by atoms with E-state index in [1.807, 2.05) is 0 Å². The van der Waals surface area contributed by atoms with Crippen molar-refractivity contribution in [3.05, 3.63) is 18.2 Å². The lowest BCUT2D eigenvalue weighted by atomic mass is 10.3. The van der Waals surface area contributed by atoms with E-state index >= 15 is 0 Å². The molecule has 0 aliphatic carbocycles. The van der Waals surface area contributed by atoms with E-state index in [0.717, 1.165) is 0 Å². The Balaban J connectivity index is 3.06. The maximum atomic E-state index is 11.5. The molecule has 0 radical (unpaired) electrons. The summed E-state index contributed by atoms with van der Waals surface area (Å²) < 4.78 is 46.7. The molecule has 0 atom stereocenters. The van der Waals surface area contributed by atoms with Gasteiger partial charge in [-0.2, -0.15) is 0 Å². The van der Waals surface area contributed by atoms with Crippen LogP contribution in [0.15, 0.2) is 18.2 Å². The third-order valence-electron chi connectivity index (χ3n) is 1.46. The van der Waals surface area contributed by atoms with Crippen molar-refractivity contribution in [1.29, 1.82) is 0 Å². The lowest BCUT2D eigenvalue weighted by Crippen LogP contribution is -1.90. The predicted octanol–water partition coefficient (Wildman–Crippen LogP) is 3.77. The normalized spacial score (nSPS) is 11.4. The molecule has 1 rings (SSSR count). The Morgan fingerprint density at radius 3 is 1.71 bits per heavy atom. The Hall–Kier alpha value is -0.950. The summed E-state index contributed by atoms with van der Waals surface area (Å²) in [5, 5.41) is 0. The van der Waals surface area contributed by atoms with Crippen LogP contribution >= 0.6 is 24.7 Å². The lowest BCUT2D eigenvalue weighted by molar-refractivity contribution is 0.486. The monoisotopic (exact) mass is 294 g/mol. The second-order valence-corrected chi connectivity index (χ2v) is 6.67. The van der Waals surface area contributed by atoms with Gasteiger partial charge in [0.25, 0.3) is 0 Å². The minimum absolute atomic E-state index is 0.186. The van der Waals surface area contributed by atoms with Crippen molar-refractivity contribution in [3.8, 4) is 17.2 Å². The highest BCUT2D eigenvalue weighted by molar-refractivity contribution is 7.57. The average Bonchev–Trinajstić information content (AvgIpc) is 2.15. The largest absolute Gasteiger partial charge is 0.443 e. The zero-order valence-electron chi connectivity index (χ0n) is 9.02. The molecule has 0 saturated carbocycles. The van der Waals surface area contributed by atoms with Crippen LogP contribution in [0.25, 0.3) is 0 Å². The van der Waals surface area contributed by atoms with Gasteiger partial charge in [0.15, 0.2) is 0 Å². The van der Waals surface area contributed by atoms with Gasteiger partial charge in [-0.25, -0.2) is 9.13 Å². The summed E-state index contributed by atoms with van der Waals surface area (Å²) in [7, 11) is -3.83. The average molecular weight is 294 g/mol. The van der Waals surface area contributed by atoms with Gasteiger partial charge in [-0.15, -0.1) is 0 Å². The number of hydrogen-bond donors (Lipinski definition) is 0. The Labute approximate surface area is 101 Å². The number of hydrogen-bond acceptors (Lipinski definition) is 6. The first kappa shape index (κ1) is 14.1. The van der Waals surface area contributed by atoms with Crippen LogP contribution in [0.4, 0.5) is 0 Å². The Morgan fingerprint density at radius 1 is 0.941 bits per heavy atom. The van der Waals surface area contributed by atoms with Crippen LogP contribution in [-0.4, -0.2) is 13.3 Å². The summed E-state index contributed by atoms with van der Waals surface area (Å²) >= 11 is 0. The van der Waals surface area contributed by atoms with E-state index in [1.165, 1.54) is 31.5 Å². The maximum absolute atomic E-state index is 11.5. The molecule has 92 valence electrons. The molecule has 17 heavy (non-hydrogen) atoms. The molecule has 0 fully saturated rings. The van der Waals surface area contributed by atoms with E-state index in [9.17, 15) is 13.7 Å². The minimum Gasteiger partial charge on any atom is -0.443 e. The van der Waals surface area contributed by atoms with Crippen molar-refractivity contribution in [1.82, 2.24) is 0 Å². The van der Waals surface area contributed by atoms with Gasteiger partial charge in [-0.1, -0.05) is 0 Å². The van der Waals surface area contributed by atoms with E-state index in [0.29, 0.717) is 0 Å². The van der Waals surface area contributed by atoms with Gasteiger partial charge in [0.2, 0.25) is 7.37 Å². The molecule has 0 saturated heterocycles. The molecule has 0 N–H and O–H groups in total. The molecule has 0 unspecified atom stereocenters. The van der Waals surface area contributed by atoms with Crippen LogP contribution < -0.4 is 13.6 Å². The summed E-state index contributed by atoms with van der Waals surface area (Å²) in [6.45, 7) is 2.89. The van der Waals surface area contributed by atoms with Crippen LogP contribution in [0.1, 0.15) is 0 Å². The van der Waals surface area contributed by atoms with Crippen LogP contribution in [0.2, 0.25) is 0 Å². The number of rotatable bonds is 6. The van der Waals surface area contributed by atoms with Crippen molar-refractivity contribution >= 4 is 24.7 Å². The first-order valence-corrected chi connectivity index (χ1v) is 8.31. The van der Waals surface area contributed by atoms with Crippen LogP contribution in [-0.2, 0) is 13.7 Å². The van der Waals surface area contributed by atoms with Gasteiger partial charge >= 0.3 is 17.4 Å². The van der Waals surface area contributed by atoms with E-state index in [4.69, 9.17) is 13.6 Å². The molecule has 1 aromatic rings. The highest BCUT2D eigenvalue weighted by atomic mass is 31.2. The lowest BCUT2D eigenvalue weighted by Gasteiger charge is -2.11. The van der Waals surface area contributed by atoms with Gasteiger partial charge in [-0.3, -0.25) is 4.57 Å². The molecule has 0 aliphatic heterocycles. The fourth-order valence-electron chi connectivity index (χ4n) is 1.04. The van der Waals surface area contributed by atoms with E-state index in [-0.39, 0.29) is 17.2 Å². The van der Waals surface area contributed by atoms with Gasteiger partial charge in [-0.05, 0) is 0 Å². The first-order chi connectivity index (χ1) is 7.94. The molecule has 0 amide bonds. The van der Waals surface area contributed by atoms with Crippen molar-refractivity contribution < 1.29 is 27.3 Å². The quantitative estimate of drug-likeness (QED) is 0.743. The summed E-state index contributed by atoms with van der Waals surface area (Å²) in [6, 6.07) is 4.18. The summed E-state index contributed by atoms with van der Waals surface area (Å²) in [5.41, 5.74) is 0. The molecule has 0 bridgehead atoms. The Bertz CT molecular complexity index is 440. The van der Waals surface area contributed by atoms with Crippen LogP contribution in [0.5, 0.6) is 17.2 Å². The van der Waals surface area contributed by atoms with Crippen molar-refractivity contribution in [2.45, 2.75) is 0 Å². The topological polar surface area (TPSA) is 78.9 Å². The molecule has 0 aromatic heterocycles. The molecule has 0 spiro atoms. The van der Waals surface area contributed by atoms with Crippen molar-refractivity contribution in [2.24, 2.45) is 0 Å². The van der Waals surface area contributed by atoms with E-state index in [2.05, 4.69) is 0 Å². The van der Waals surface area contributed by atoms with Gasteiger partial charge < -0.3 is 13.6 Å². The molecule has 0 aliphatic rings. The molecular formula is C8H9O6P3. The molecule has 0 heterocycles. The summed E-state index contributed by atoms with van der Waals surface area (Å²) in [5.74, 6) is 0.593. The smallest absolute Gasteiger partial charge is 0.395 e. The summed E-state index contributed by atoms with van der Waals surface area (Å²) in [4.78, 5) is 0. The minimum atomic E-state index is -2.74. The highest BCUT2D eigenvalue weighted by Crippen LogP contribution is 2.41. The second kappa shape index (κ2) is 6.11. The van der Waals surface area contributed by atoms with Crippen molar-refractivity contribution in [3.63, 3.8) is 0 Å². The fourth-order valence-corrected chi connectivity index (χ4v) is 2.04. The Kier molecular flexibility index (Phi) is 5.07. The van der Waals surface area contributed by atoms with E-state index < -0.39 is 24.7 Å². The Morgan fingerprint density at radius 2 is 1.35 bits per heavy atom. The molecule has 9 heteroatoms. The maximum Gasteiger partial charge on any atom is 0.395 e. The zero-order chi connectivity index (χ0) is 12.9. The molecule has 6 nitrogen and oxygen atoms in total. The SMILES string of the molecule is CP(C)(=O)Oc1cc(OP=O)cc(OP=O)c1. The zero-order valence-corrected chi connectivity index (χ0v) is 11.7. The molecule has 1 aromatic carbocycles. The first-order valence-electron chi connectivity index (χ1n) is 4.33. The molecular weight excluding hydrogens is 285 g/mol. The fraction of sp³-hybridized carbons (Fsp3) is 0.250. The van der Waals surface area contributed by atoms with E-state index in [1.54, 1.807) is 0 Å². The third kappa shape index (κ3) is 5.27. The standard InChI is InChI=1S/C8H9O6P3/c1-17(2,11)14-8-4-6(12-15-9)3-7(5-8)13-16-10/h3-5H,1-2H3. The predicted molar refractivity (Wildman–Crippen MR) is 63.0 cm³/mol. The number of benzene rings is 1. The van der Waals surface area contributed by atoms with Gasteiger partial charge in [0, 0.05) is 31.5 Å². The third-order valence-corrected chi connectivity index (χ3v) is 2.69. The van der Waals surface area contributed by atoms with Crippen molar-refractivity contribution in [2.75, 3.05) is 13.3 Å². The van der Waals surface area contributed by atoms with Gasteiger partial charge in [0.1, 0.15) is 17.2 Å². The van der Waals surface area contributed by atoms with Crippen LogP contribution in [0.3, 0.4) is 0 Å². The highest BCUT2D eigenvalue weighted by Gasteiger charge is 2.12. The van der Waals surface area contributed by atoms with Crippen LogP contribution in [0, 0.1) is 0 Å². The second-order valence-electron chi connectivity index (χ2n) is 3.32.